The minimum absolute atomic E-state index is 0.126. The molecule has 1 N–H and O–H groups in total. The van der Waals surface area contributed by atoms with E-state index in [2.05, 4.69) is 5.32 Å². The van der Waals surface area contributed by atoms with Crippen LogP contribution in [0.5, 0.6) is 0 Å². The quantitative estimate of drug-likeness (QED) is 0.877. The second-order valence-electron chi connectivity index (χ2n) is 5.37. The number of piperidine rings is 1. The van der Waals surface area contributed by atoms with Gasteiger partial charge in [0.05, 0.1) is 13.2 Å². The van der Waals surface area contributed by atoms with Crippen LogP contribution in [0.4, 0.5) is 0 Å². The maximum absolute atomic E-state index is 12.5. The highest BCUT2D eigenvalue weighted by atomic mass is 16.5. The first-order chi connectivity index (χ1) is 9.25. The van der Waals surface area contributed by atoms with E-state index in [-0.39, 0.29) is 5.91 Å². The van der Waals surface area contributed by atoms with Gasteiger partial charge in [-0.05, 0) is 49.2 Å². The SMILES string of the molecule is CN(C(=O)c1ccc2c(c1)COC2)C1CCNCC1. The molecule has 2 aliphatic rings. The lowest BCUT2D eigenvalue weighted by Crippen LogP contribution is -2.43. The molecule has 0 aliphatic carbocycles. The van der Waals surface area contributed by atoms with Crippen molar-refractivity contribution < 1.29 is 9.53 Å². The summed E-state index contributed by atoms with van der Waals surface area (Å²) in [6.45, 7) is 3.31. The third-order valence-corrected chi connectivity index (χ3v) is 4.15. The molecule has 1 fully saturated rings. The summed E-state index contributed by atoms with van der Waals surface area (Å²) in [4.78, 5) is 14.4. The van der Waals surface area contributed by atoms with Crippen LogP contribution in [0.2, 0.25) is 0 Å². The molecule has 2 heterocycles. The average molecular weight is 260 g/mol. The van der Waals surface area contributed by atoms with E-state index in [1.807, 2.05) is 30.1 Å². The summed E-state index contributed by atoms with van der Waals surface area (Å²) in [7, 11) is 1.92. The fourth-order valence-electron chi connectivity index (χ4n) is 2.87. The van der Waals surface area contributed by atoms with Crippen LogP contribution in [-0.4, -0.2) is 37.0 Å². The molecule has 0 unspecified atom stereocenters. The number of carbonyl (C=O) groups excluding carboxylic acids is 1. The fraction of sp³-hybridized carbons (Fsp3) is 0.533. The van der Waals surface area contributed by atoms with Crippen LogP contribution in [0.1, 0.15) is 34.3 Å². The third kappa shape index (κ3) is 2.51. The van der Waals surface area contributed by atoms with Crippen LogP contribution in [0, 0.1) is 0 Å². The standard InChI is InChI=1S/C15H20N2O2/c1-17(14-4-6-16-7-5-14)15(18)11-2-3-12-9-19-10-13(12)8-11/h2-3,8,14,16H,4-7,9-10H2,1H3. The molecule has 2 aliphatic heterocycles. The molecule has 4 nitrogen and oxygen atoms in total. The molecule has 0 radical (unpaired) electrons. The van der Waals surface area contributed by atoms with Gasteiger partial charge in [0.25, 0.3) is 5.91 Å². The Kier molecular flexibility index (Phi) is 3.53. The van der Waals surface area contributed by atoms with Crippen LogP contribution < -0.4 is 5.32 Å². The molecule has 0 spiro atoms. The Balaban J connectivity index is 1.75. The first kappa shape index (κ1) is 12.6. The van der Waals surface area contributed by atoms with Crippen molar-refractivity contribution in [1.29, 1.82) is 0 Å². The van der Waals surface area contributed by atoms with Crippen LogP contribution >= 0.6 is 0 Å². The van der Waals surface area contributed by atoms with E-state index in [0.29, 0.717) is 19.3 Å². The van der Waals surface area contributed by atoms with Crippen molar-refractivity contribution in [2.75, 3.05) is 20.1 Å². The maximum Gasteiger partial charge on any atom is 0.253 e. The molecule has 102 valence electrons. The van der Waals surface area contributed by atoms with E-state index in [9.17, 15) is 4.79 Å². The number of ether oxygens (including phenoxy) is 1. The Morgan fingerprint density at radius 1 is 1.26 bits per heavy atom. The first-order valence-electron chi connectivity index (χ1n) is 6.93. The molecule has 1 aromatic rings. The second kappa shape index (κ2) is 5.31. The maximum atomic E-state index is 12.5. The van der Waals surface area contributed by atoms with Gasteiger partial charge in [-0.25, -0.2) is 0 Å². The predicted octanol–water partition coefficient (Wildman–Crippen LogP) is 1.54. The molecule has 0 atom stereocenters. The minimum Gasteiger partial charge on any atom is -0.372 e. The van der Waals surface area contributed by atoms with Gasteiger partial charge >= 0.3 is 0 Å². The summed E-state index contributed by atoms with van der Waals surface area (Å²) in [6, 6.07) is 6.29. The van der Waals surface area contributed by atoms with Crippen molar-refractivity contribution in [3.8, 4) is 0 Å². The van der Waals surface area contributed by atoms with Gasteiger partial charge in [-0.3, -0.25) is 4.79 Å². The number of rotatable bonds is 2. The smallest absolute Gasteiger partial charge is 0.253 e. The highest BCUT2D eigenvalue weighted by Crippen LogP contribution is 2.22. The van der Waals surface area contributed by atoms with E-state index >= 15 is 0 Å². The summed E-state index contributed by atoms with van der Waals surface area (Å²) < 4.78 is 5.39. The molecule has 0 bridgehead atoms. The Hall–Kier alpha value is -1.39. The van der Waals surface area contributed by atoms with Crippen LogP contribution in [0.15, 0.2) is 18.2 Å². The zero-order chi connectivity index (χ0) is 13.2. The lowest BCUT2D eigenvalue weighted by Gasteiger charge is -2.31. The van der Waals surface area contributed by atoms with Crippen molar-refractivity contribution in [2.45, 2.75) is 32.1 Å². The lowest BCUT2D eigenvalue weighted by molar-refractivity contribution is 0.0703. The topological polar surface area (TPSA) is 41.6 Å². The monoisotopic (exact) mass is 260 g/mol. The molecule has 1 saturated heterocycles. The Labute approximate surface area is 113 Å². The van der Waals surface area contributed by atoms with Gasteiger partial charge in [0.2, 0.25) is 0 Å². The van der Waals surface area contributed by atoms with Crippen molar-refractivity contribution >= 4 is 5.91 Å². The largest absolute Gasteiger partial charge is 0.372 e. The number of amides is 1. The number of nitrogens with zero attached hydrogens (tertiary/aromatic N) is 1. The van der Waals surface area contributed by atoms with E-state index in [1.54, 1.807) is 0 Å². The van der Waals surface area contributed by atoms with Crippen molar-refractivity contribution in [3.05, 3.63) is 34.9 Å². The molecule has 3 rings (SSSR count). The number of nitrogens with one attached hydrogen (secondary N) is 1. The van der Waals surface area contributed by atoms with E-state index < -0.39 is 0 Å². The normalized spacial score (nSPS) is 19.2. The van der Waals surface area contributed by atoms with Gasteiger partial charge in [-0.1, -0.05) is 6.07 Å². The van der Waals surface area contributed by atoms with Gasteiger partial charge < -0.3 is 15.0 Å². The van der Waals surface area contributed by atoms with Crippen LogP contribution in [0.3, 0.4) is 0 Å². The summed E-state index contributed by atoms with van der Waals surface area (Å²) in [5, 5.41) is 3.33. The van der Waals surface area contributed by atoms with Crippen LogP contribution in [0.25, 0.3) is 0 Å². The van der Waals surface area contributed by atoms with Crippen LogP contribution in [-0.2, 0) is 18.0 Å². The van der Waals surface area contributed by atoms with Gasteiger partial charge in [0.15, 0.2) is 0 Å². The lowest BCUT2D eigenvalue weighted by atomic mass is 10.0. The minimum atomic E-state index is 0.126. The molecule has 0 aromatic heterocycles. The molecular formula is C15H20N2O2. The number of hydrogen-bond acceptors (Lipinski definition) is 3. The molecular weight excluding hydrogens is 240 g/mol. The second-order valence-corrected chi connectivity index (χ2v) is 5.37. The number of benzene rings is 1. The van der Waals surface area contributed by atoms with E-state index in [0.717, 1.165) is 37.1 Å². The predicted molar refractivity (Wildman–Crippen MR) is 72.9 cm³/mol. The van der Waals surface area contributed by atoms with Crippen molar-refractivity contribution in [3.63, 3.8) is 0 Å². The summed E-state index contributed by atoms with van der Waals surface area (Å²) in [5.41, 5.74) is 3.15. The molecule has 19 heavy (non-hydrogen) atoms. The molecule has 4 heteroatoms. The zero-order valence-corrected chi connectivity index (χ0v) is 11.3. The van der Waals surface area contributed by atoms with Crippen molar-refractivity contribution in [1.82, 2.24) is 10.2 Å². The summed E-state index contributed by atoms with van der Waals surface area (Å²) in [5.74, 6) is 0.126. The summed E-state index contributed by atoms with van der Waals surface area (Å²) in [6.07, 6.45) is 2.08. The van der Waals surface area contributed by atoms with E-state index in [4.69, 9.17) is 4.74 Å². The molecule has 0 saturated carbocycles. The Morgan fingerprint density at radius 3 is 2.79 bits per heavy atom. The number of hydrogen-bond donors (Lipinski definition) is 1. The molecule has 1 aromatic carbocycles. The molecule has 1 amide bonds. The fourth-order valence-corrected chi connectivity index (χ4v) is 2.87. The Bertz CT molecular complexity index is 481. The average Bonchev–Trinajstić information content (AvgIpc) is 2.94. The van der Waals surface area contributed by atoms with Crippen molar-refractivity contribution in [2.24, 2.45) is 0 Å². The Morgan fingerprint density at radius 2 is 2.00 bits per heavy atom. The van der Waals surface area contributed by atoms with E-state index in [1.165, 1.54) is 5.56 Å². The number of carbonyl (C=O) groups is 1. The van der Waals surface area contributed by atoms with Gasteiger partial charge in [0.1, 0.15) is 0 Å². The number of fused-ring (bicyclic) bond motifs is 1. The summed E-state index contributed by atoms with van der Waals surface area (Å²) >= 11 is 0. The zero-order valence-electron chi connectivity index (χ0n) is 11.3. The first-order valence-corrected chi connectivity index (χ1v) is 6.93. The highest BCUT2D eigenvalue weighted by Gasteiger charge is 2.23. The highest BCUT2D eigenvalue weighted by molar-refractivity contribution is 5.94. The van der Waals surface area contributed by atoms with Gasteiger partial charge in [-0.2, -0.15) is 0 Å². The van der Waals surface area contributed by atoms with Gasteiger partial charge in [0, 0.05) is 18.7 Å². The third-order valence-electron chi connectivity index (χ3n) is 4.15. The van der Waals surface area contributed by atoms with Gasteiger partial charge in [-0.15, -0.1) is 0 Å².